The van der Waals surface area contributed by atoms with E-state index in [0.29, 0.717) is 11.1 Å². The van der Waals surface area contributed by atoms with Crippen molar-refractivity contribution in [2.45, 2.75) is 11.8 Å². The van der Waals surface area contributed by atoms with Gasteiger partial charge >= 0.3 is 0 Å². The Labute approximate surface area is 149 Å². The summed E-state index contributed by atoms with van der Waals surface area (Å²) in [5, 5.41) is 13.3. The Morgan fingerprint density at radius 1 is 1.08 bits per heavy atom. The lowest BCUT2D eigenvalue weighted by molar-refractivity contribution is 0.102. The van der Waals surface area contributed by atoms with Crippen molar-refractivity contribution in [1.29, 1.82) is 0 Å². The zero-order valence-corrected chi connectivity index (χ0v) is 14.5. The predicted molar refractivity (Wildman–Crippen MR) is 99.0 cm³/mol. The summed E-state index contributed by atoms with van der Waals surface area (Å²) in [7, 11) is -4.52. The van der Waals surface area contributed by atoms with E-state index >= 15 is 0 Å². The number of phenolic OH excluding ortho intramolecular Hbond substituents is 1. The lowest BCUT2D eigenvalue weighted by Crippen LogP contribution is -2.14. The first-order chi connectivity index (χ1) is 12.2. The maximum absolute atomic E-state index is 12.5. The summed E-state index contributed by atoms with van der Waals surface area (Å²) in [6, 6.07) is 11.8. The molecule has 7 nitrogen and oxygen atoms in total. The first-order valence-electron chi connectivity index (χ1n) is 7.57. The highest BCUT2D eigenvalue weighted by atomic mass is 32.2. The van der Waals surface area contributed by atoms with Crippen LogP contribution in [0.2, 0.25) is 0 Å². The molecule has 0 atom stereocenters. The number of phenols is 1. The molecule has 3 aromatic carbocycles. The van der Waals surface area contributed by atoms with E-state index in [1.807, 2.05) is 6.92 Å². The third-order valence-electron chi connectivity index (χ3n) is 3.95. The predicted octanol–water partition coefficient (Wildman–Crippen LogP) is 2.94. The van der Waals surface area contributed by atoms with Gasteiger partial charge in [0.2, 0.25) is 0 Å². The van der Waals surface area contributed by atoms with E-state index in [9.17, 15) is 22.9 Å². The molecular formula is C18H16N2O5S. The van der Waals surface area contributed by atoms with Crippen LogP contribution in [0, 0.1) is 6.92 Å². The van der Waals surface area contributed by atoms with E-state index in [1.54, 1.807) is 36.4 Å². The maximum Gasteiger partial charge on any atom is 0.294 e. The van der Waals surface area contributed by atoms with Gasteiger partial charge in [-0.05, 0) is 36.8 Å². The molecule has 0 unspecified atom stereocenters. The van der Waals surface area contributed by atoms with Crippen molar-refractivity contribution >= 4 is 38.2 Å². The summed E-state index contributed by atoms with van der Waals surface area (Å²) in [5.74, 6) is -0.812. The van der Waals surface area contributed by atoms with Gasteiger partial charge in [-0.15, -0.1) is 0 Å². The highest BCUT2D eigenvalue weighted by Gasteiger charge is 2.17. The molecule has 0 aliphatic rings. The number of nitrogens with one attached hydrogen (secondary N) is 1. The molecule has 0 aromatic heterocycles. The van der Waals surface area contributed by atoms with Crippen LogP contribution in [0.15, 0.2) is 53.4 Å². The number of nitrogen functional groups attached to an aromatic ring is 1. The lowest BCUT2D eigenvalue weighted by Gasteiger charge is -2.12. The number of hydrogen-bond acceptors (Lipinski definition) is 5. The quantitative estimate of drug-likeness (QED) is 0.413. The van der Waals surface area contributed by atoms with E-state index in [2.05, 4.69) is 5.32 Å². The van der Waals surface area contributed by atoms with E-state index in [4.69, 9.17) is 5.73 Å². The van der Waals surface area contributed by atoms with Crippen molar-refractivity contribution in [3.05, 3.63) is 59.7 Å². The van der Waals surface area contributed by atoms with Crippen LogP contribution in [-0.2, 0) is 10.1 Å². The van der Waals surface area contributed by atoms with Crippen molar-refractivity contribution < 1.29 is 22.9 Å². The SMILES string of the molecule is Cc1ccc(C(=O)Nc2cccc3c(O)cc(S(=O)(=O)O)cc23)c(N)c1. The van der Waals surface area contributed by atoms with Gasteiger partial charge in [-0.3, -0.25) is 9.35 Å². The number of amides is 1. The molecule has 0 radical (unpaired) electrons. The number of hydrogen-bond donors (Lipinski definition) is 4. The zero-order chi connectivity index (χ0) is 19.1. The molecule has 0 bridgehead atoms. The van der Waals surface area contributed by atoms with Gasteiger partial charge in [0.1, 0.15) is 5.75 Å². The first-order valence-corrected chi connectivity index (χ1v) is 9.01. The Balaban J connectivity index is 2.10. The van der Waals surface area contributed by atoms with Gasteiger partial charge in [-0.25, -0.2) is 0 Å². The largest absolute Gasteiger partial charge is 0.507 e. The van der Waals surface area contributed by atoms with Gasteiger partial charge in [0.05, 0.1) is 10.5 Å². The van der Waals surface area contributed by atoms with E-state index < -0.39 is 20.9 Å². The van der Waals surface area contributed by atoms with Crippen LogP contribution in [0.25, 0.3) is 10.8 Å². The molecule has 0 aliphatic carbocycles. The molecule has 134 valence electrons. The minimum absolute atomic E-state index is 0.263. The maximum atomic E-state index is 12.5. The summed E-state index contributed by atoms with van der Waals surface area (Å²) in [6.45, 7) is 1.85. The molecule has 8 heteroatoms. The normalized spacial score (nSPS) is 11.5. The first kappa shape index (κ1) is 17.7. The molecule has 0 saturated carbocycles. The Morgan fingerprint density at radius 2 is 1.81 bits per heavy atom. The Kier molecular flexibility index (Phi) is 4.31. The number of carbonyl (C=O) groups is 1. The summed E-state index contributed by atoms with van der Waals surface area (Å²) >= 11 is 0. The Hall–Kier alpha value is -3.10. The molecule has 1 amide bonds. The standard InChI is InChI=1S/C18H16N2O5S/c1-10-5-6-13(15(19)7-10)18(22)20-16-4-2-3-12-14(16)8-11(9-17(12)21)26(23,24)25/h2-9,21H,19H2,1H3,(H,20,22)(H,23,24,25). The average molecular weight is 372 g/mol. The Morgan fingerprint density at radius 3 is 2.46 bits per heavy atom. The van der Waals surface area contributed by atoms with Crippen LogP contribution >= 0.6 is 0 Å². The molecule has 0 saturated heterocycles. The fraction of sp³-hybridized carbons (Fsp3) is 0.0556. The highest BCUT2D eigenvalue weighted by molar-refractivity contribution is 7.85. The number of aromatic hydroxyl groups is 1. The Bertz CT molecular complexity index is 1140. The highest BCUT2D eigenvalue weighted by Crippen LogP contribution is 2.33. The van der Waals surface area contributed by atoms with Gasteiger partial charge in [0.25, 0.3) is 16.0 Å². The average Bonchev–Trinajstić information content (AvgIpc) is 2.54. The van der Waals surface area contributed by atoms with Crippen LogP contribution in [0.4, 0.5) is 11.4 Å². The molecule has 26 heavy (non-hydrogen) atoms. The van der Waals surface area contributed by atoms with E-state index in [-0.39, 0.29) is 22.4 Å². The van der Waals surface area contributed by atoms with Crippen molar-refractivity contribution in [3.63, 3.8) is 0 Å². The minimum atomic E-state index is -4.52. The molecule has 0 heterocycles. The van der Waals surface area contributed by atoms with Crippen molar-refractivity contribution in [2.75, 3.05) is 11.1 Å². The number of aryl methyl sites for hydroxylation is 1. The second kappa shape index (κ2) is 6.32. The van der Waals surface area contributed by atoms with Crippen molar-refractivity contribution in [3.8, 4) is 5.75 Å². The summed E-state index contributed by atoms with van der Waals surface area (Å²) in [6.07, 6.45) is 0. The molecule has 0 spiro atoms. The molecule has 0 fully saturated rings. The zero-order valence-electron chi connectivity index (χ0n) is 13.7. The van der Waals surface area contributed by atoms with Gasteiger partial charge in [-0.1, -0.05) is 18.2 Å². The number of benzene rings is 3. The van der Waals surface area contributed by atoms with Gasteiger partial charge < -0.3 is 16.2 Å². The van der Waals surface area contributed by atoms with Crippen molar-refractivity contribution in [2.24, 2.45) is 0 Å². The fourth-order valence-electron chi connectivity index (χ4n) is 2.68. The molecular weight excluding hydrogens is 356 g/mol. The minimum Gasteiger partial charge on any atom is -0.507 e. The summed E-state index contributed by atoms with van der Waals surface area (Å²) in [5.41, 5.74) is 7.64. The molecule has 3 aromatic rings. The topological polar surface area (TPSA) is 130 Å². The van der Waals surface area contributed by atoms with Crippen LogP contribution in [0.3, 0.4) is 0 Å². The van der Waals surface area contributed by atoms with Crippen molar-refractivity contribution in [1.82, 2.24) is 0 Å². The molecule has 0 aliphatic heterocycles. The van der Waals surface area contributed by atoms with Gasteiger partial charge in [0.15, 0.2) is 0 Å². The van der Waals surface area contributed by atoms with E-state index in [1.165, 1.54) is 6.07 Å². The second-order valence-electron chi connectivity index (χ2n) is 5.86. The van der Waals surface area contributed by atoms with Gasteiger partial charge in [0, 0.05) is 28.2 Å². The molecule has 3 rings (SSSR count). The number of nitrogens with two attached hydrogens (primary N) is 1. The number of anilines is 2. The van der Waals surface area contributed by atoms with E-state index in [0.717, 1.165) is 11.6 Å². The lowest BCUT2D eigenvalue weighted by atomic mass is 10.1. The number of rotatable bonds is 3. The number of fused-ring (bicyclic) bond motifs is 1. The monoisotopic (exact) mass is 372 g/mol. The third kappa shape index (κ3) is 3.32. The smallest absolute Gasteiger partial charge is 0.294 e. The van der Waals surface area contributed by atoms with Crippen LogP contribution in [-0.4, -0.2) is 24.0 Å². The van der Waals surface area contributed by atoms with Crippen LogP contribution in [0.5, 0.6) is 5.75 Å². The molecule has 5 N–H and O–H groups in total. The summed E-state index contributed by atoms with van der Waals surface area (Å²) in [4.78, 5) is 12.1. The number of carbonyl (C=O) groups excluding carboxylic acids is 1. The second-order valence-corrected chi connectivity index (χ2v) is 7.28. The fourth-order valence-corrected chi connectivity index (χ4v) is 3.20. The summed E-state index contributed by atoms with van der Waals surface area (Å²) < 4.78 is 32.0. The van der Waals surface area contributed by atoms with Gasteiger partial charge in [-0.2, -0.15) is 8.42 Å². The van der Waals surface area contributed by atoms with Crippen LogP contribution in [0.1, 0.15) is 15.9 Å². The third-order valence-corrected chi connectivity index (χ3v) is 4.78. The van der Waals surface area contributed by atoms with Crippen LogP contribution < -0.4 is 11.1 Å².